The van der Waals surface area contributed by atoms with Crippen LogP contribution in [0, 0.1) is 5.41 Å². The molecule has 0 aliphatic heterocycles. The fourth-order valence-corrected chi connectivity index (χ4v) is 2.33. The molecule has 0 amide bonds. The van der Waals surface area contributed by atoms with Gasteiger partial charge in [0, 0.05) is 19.2 Å². The lowest BCUT2D eigenvalue weighted by Crippen LogP contribution is -2.50. The van der Waals surface area contributed by atoms with Crippen LogP contribution in [-0.2, 0) is 4.74 Å². The molecule has 1 saturated carbocycles. The van der Waals surface area contributed by atoms with Gasteiger partial charge in [-0.15, -0.1) is 0 Å². The van der Waals surface area contributed by atoms with Crippen molar-refractivity contribution in [2.24, 2.45) is 11.1 Å². The highest BCUT2D eigenvalue weighted by atomic mass is 16.5. The lowest BCUT2D eigenvalue weighted by Gasteiger charge is -2.39. The molecule has 16 heavy (non-hydrogen) atoms. The summed E-state index contributed by atoms with van der Waals surface area (Å²) >= 11 is 0. The molecule has 0 saturated heterocycles. The molecule has 3 N–H and O–H groups in total. The van der Waals surface area contributed by atoms with E-state index in [9.17, 15) is 0 Å². The van der Waals surface area contributed by atoms with Crippen LogP contribution >= 0.6 is 0 Å². The van der Waals surface area contributed by atoms with E-state index in [1.54, 1.807) is 0 Å². The Morgan fingerprint density at radius 1 is 1.25 bits per heavy atom. The molecule has 0 spiro atoms. The van der Waals surface area contributed by atoms with Gasteiger partial charge in [0.25, 0.3) is 0 Å². The van der Waals surface area contributed by atoms with E-state index < -0.39 is 0 Å². The molecule has 1 fully saturated rings. The number of nitrogens with one attached hydrogen (secondary N) is 1. The Bertz CT molecular complexity index is 178. The lowest BCUT2D eigenvalue weighted by molar-refractivity contribution is -0.0123. The second-order valence-electron chi connectivity index (χ2n) is 5.04. The number of hydrogen-bond donors (Lipinski definition) is 2. The van der Waals surface area contributed by atoms with Gasteiger partial charge in [-0.3, -0.25) is 0 Å². The van der Waals surface area contributed by atoms with Crippen LogP contribution in [0.1, 0.15) is 46.5 Å². The Hall–Kier alpha value is -0.120. The summed E-state index contributed by atoms with van der Waals surface area (Å²) in [4.78, 5) is 0. The van der Waals surface area contributed by atoms with Crippen molar-refractivity contribution in [2.45, 2.75) is 58.6 Å². The van der Waals surface area contributed by atoms with Crippen molar-refractivity contribution in [3.63, 3.8) is 0 Å². The molecule has 0 atom stereocenters. The molecule has 3 heteroatoms. The zero-order chi connectivity index (χ0) is 12.0. The first kappa shape index (κ1) is 13.9. The molecule has 3 nitrogen and oxygen atoms in total. The van der Waals surface area contributed by atoms with Gasteiger partial charge in [0.1, 0.15) is 0 Å². The average molecular weight is 228 g/mol. The van der Waals surface area contributed by atoms with E-state index in [0.29, 0.717) is 17.6 Å². The molecule has 0 aromatic carbocycles. The van der Waals surface area contributed by atoms with Crippen LogP contribution in [0.4, 0.5) is 0 Å². The lowest BCUT2D eigenvalue weighted by atomic mass is 9.81. The van der Waals surface area contributed by atoms with Crippen LogP contribution in [0.2, 0.25) is 0 Å². The molecular formula is C13H28N2O. The molecule has 0 aromatic rings. The minimum Gasteiger partial charge on any atom is -0.378 e. The second kappa shape index (κ2) is 6.58. The molecule has 0 heterocycles. The Kier molecular flexibility index (Phi) is 5.73. The van der Waals surface area contributed by atoms with Crippen molar-refractivity contribution in [3.8, 4) is 0 Å². The number of rotatable bonds is 8. The summed E-state index contributed by atoms with van der Waals surface area (Å²) in [6, 6.07) is 0.653. The van der Waals surface area contributed by atoms with Gasteiger partial charge in [-0.2, -0.15) is 0 Å². The molecule has 1 aliphatic carbocycles. The Labute approximate surface area is 100 Å². The molecule has 0 unspecified atom stereocenters. The largest absolute Gasteiger partial charge is 0.378 e. The standard InChI is InChI=1S/C13H28N2O/c1-4-13(5-2,9-14)10-15-11-7-12(8-11)16-6-3/h11-12,15H,4-10,14H2,1-3H3. The minimum absolute atomic E-state index is 0.302. The van der Waals surface area contributed by atoms with Gasteiger partial charge in [0.05, 0.1) is 6.10 Å². The van der Waals surface area contributed by atoms with Crippen molar-refractivity contribution in [3.05, 3.63) is 0 Å². The predicted molar refractivity (Wildman–Crippen MR) is 68.5 cm³/mol. The monoisotopic (exact) mass is 228 g/mol. The third-order valence-corrected chi connectivity index (χ3v) is 4.20. The van der Waals surface area contributed by atoms with Gasteiger partial charge in [0.15, 0.2) is 0 Å². The number of nitrogens with two attached hydrogens (primary N) is 1. The van der Waals surface area contributed by atoms with Crippen molar-refractivity contribution < 1.29 is 4.74 Å². The molecule has 96 valence electrons. The summed E-state index contributed by atoms with van der Waals surface area (Å²) < 4.78 is 5.55. The highest BCUT2D eigenvalue weighted by Crippen LogP contribution is 2.27. The highest BCUT2D eigenvalue weighted by Gasteiger charge is 2.32. The van der Waals surface area contributed by atoms with E-state index in [0.717, 1.165) is 32.5 Å². The molecule has 0 bridgehead atoms. The second-order valence-corrected chi connectivity index (χ2v) is 5.04. The fourth-order valence-electron chi connectivity index (χ4n) is 2.33. The van der Waals surface area contributed by atoms with Gasteiger partial charge in [-0.25, -0.2) is 0 Å². The highest BCUT2D eigenvalue weighted by molar-refractivity contribution is 4.89. The van der Waals surface area contributed by atoms with Crippen molar-refractivity contribution >= 4 is 0 Å². The van der Waals surface area contributed by atoms with E-state index in [1.165, 1.54) is 12.8 Å². The smallest absolute Gasteiger partial charge is 0.0604 e. The molecular weight excluding hydrogens is 200 g/mol. The maximum atomic E-state index is 5.88. The topological polar surface area (TPSA) is 47.3 Å². The minimum atomic E-state index is 0.302. The summed E-state index contributed by atoms with van der Waals surface area (Å²) in [5, 5.41) is 3.64. The van der Waals surface area contributed by atoms with Crippen molar-refractivity contribution in [1.29, 1.82) is 0 Å². The van der Waals surface area contributed by atoms with Crippen LogP contribution in [0.15, 0.2) is 0 Å². The van der Waals surface area contributed by atoms with E-state index >= 15 is 0 Å². The van der Waals surface area contributed by atoms with Gasteiger partial charge in [-0.05, 0) is 44.6 Å². The zero-order valence-electron chi connectivity index (χ0n) is 11.1. The predicted octanol–water partition coefficient (Wildman–Crippen LogP) is 1.91. The first-order valence-corrected chi connectivity index (χ1v) is 6.74. The number of ether oxygens (including phenoxy) is 1. The molecule has 0 aromatic heterocycles. The summed E-state index contributed by atoms with van der Waals surface area (Å²) in [5.74, 6) is 0. The van der Waals surface area contributed by atoms with Gasteiger partial charge >= 0.3 is 0 Å². The van der Waals surface area contributed by atoms with Crippen LogP contribution in [0.3, 0.4) is 0 Å². The fraction of sp³-hybridized carbons (Fsp3) is 1.00. The third kappa shape index (κ3) is 3.44. The van der Waals surface area contributed by atoms with Crippen LogP contribution in [-0.4, -0.2) is 31.8 Å². The van der Waals surface area contributed by atoms with E-state index in [1.807, 2.05) is 0 Å². The van der Waals surface area contributed by atoms with E-state index in [-0.39, 0.29) is 0 Å². The van der Waals surface area contributed by atoms with Gasteiger partial charge < -0.3 is 15.8 Å². The molecule has 1 aliphatic rings. The first-order chi connectivity index (χ1) is 7.69. The zero-order valence-corrected chi connectivity index (χ0v) is 11.1. The third-order valence-electron chi connectivity index (χ3n) is 4.20. The molecule has 1 rings (SSSR count). The average Bonchev–Trinajstić information content (AvgIpc) is 2.27. The van der Waals surface area contributed by atoms with Crippen LogP contribution in [0.5, 0.6) is 0 Å². The van der Waals surface area contributed by atoms with Crippen molar-refractivity contribution in [1.82, 2.24) is 5.32 Å². The van der Waals surface area contributed by atoms with Crippen LogP contribution in [0.25, 0.3) is 0 Å². The summed E-state index contributed by atoms with van der Waals surface area (Å²) in [6.07, 6.45) is 5.16. The van der Waals surface area contributed by atoms with Crippen LogP contribution < -0.4 is 11.1 Å². The normalized spacial score (nSPS) is 25.5. The quantitative estimate of drug-likeness (QED) is 0.667. The van der Waals surface area contributed by atoms with E-state index in [2.05, 4.69) is 26.1 Å². The molecule has 0 radical (unpaired) electrons. The van der Waals surface area contributed by atoms with Gasteiger partial charge in [0.2, 0.25) is 0 Å². The summed E-state index contributed by atoms with van der Waals surface area (Å²) in [5.41, 5.74) is 6.19. The number of hydrogen-bond acceptors (Lipinski definition) is 3. The first-order valence-electron chi connectivity index (χ1n) is 6.74. The van der Waals surface area contributed by atoms with Crippen molar-refractivity contribution in [2.75, 3.05) is 19.7 Å². The van der Waals surface area contributed by atoms with E-state index in [4.69, 9.17) is 10.5 Å². The summed E-state index contributed by atoms with van der Waals surface area (Å²) in [7, 11) is 0. The maximum Gasteiger partial charge on any atom is 0.0604 e. The Morgan fingerprint density at radius 3 is 2.31 bits per heavy atom. The Morgan fingerprint density at radius 2 is 1.88 bits per heavy atom. The Balaban J connectivity index is 2.20. The maximum absolute atomic E-state index is 5.88. The SMILES string of the molecule is CCOC1CC(NCC(CC)(CC)CN)C1. The summed E-state index contributed by atoms with van der Waals surface area (Å²) in [6.45, 7) is 9.22. The van der Waals surface area contributed by atoms with Gasteiger partial charge in [-0.1, -0.05) is 13.8 Å².